The first-order valence-electron chi connectivity index (χ1n) is 5.79. The van der Waals surface area contributed by atoms with E-state index in [1.165, 1.54) is 7.11 Å². The normalized spacial score (nSPS) is 9.74. The Morgan fingerprint density at radius 1 is 1.47 bits per heavy atom. The van der Waals surface area contributed by atoms with Crippen molar-refractivity contribution in [3.8, 4) is 17.6 Å². The number of nitrogens with zero attached hydrogens (tertiary/aromatic N) is 1. The molecular weight excluding hydrogens is 244 g/mol. The number of hydrogen-bond acceptors (Lipinski definition) is 4. The molecule has 0 spiro atoms. The lowest BCUT2D eigenvalue weighted by Crippen LogP contribution is -2.27. The summed E-state index contributed by atoms with van der Waals surface area (Å²) in [4.78, 5) is 13.5. The van der Waals surface area contributed by atoms with Crippen LogP contribution >= 0.6 is 0 Å². The van der Waals surface area contributed by atoms with Crippen molar-refractivity contribution in [3.05, 3.63) is 23.8 Å². The molecule has 0 unspecified atom stereocenters. The second kappa shape index (κ2) is 7.41. The van der Waals surface area contributed by atoms with Crippen LogP contribution in [0.5, 0.6) is 5.75 Å². The van der Waals surface area contributed by atoms with Gasteiger partial charge in [-0.3, -0.25) is 4.79 Å². The molecule has 5 heteroatoms. The SMILES string of the molecule is COc1ccc(C#CCO)cc1NC(=O)CN(C)C. The number of carbonyl (C=O) groups excluding carboxylic acids is 1. The third-order valence-corrected chi connectivity index (χ3v) is 2.25. The molecule has 0 heterocycles. The summed E-state index contributed by atoms with van der Waals surface area (Å²) in [5.41, 5.74) is 1.27. The zero-order valence-corrected chi connectivity index (χ0v) is 11.4. The van der Waals surface area contributed by atoms with Gasteiger partial charge in [0.05, 0.1) is 19.3 Å². The lowest BCUT2D eigenvalue weighted by atomic mass is 10.2. The van der Waals surface area contributed by atoms with E-state index in [1.54, 1.807) is 23.1 Å². The molecule has 0 atom stereocenters. The van der Waals surface area contributed by atoms with Gasteiger partial charge in [-0.25, -0.2) is 0 Å². The number of benzene rings is 1. The number of anilines is 1. The number of nitrogens with one attached hydrogen (secondary N) is 1. The molecule has 0 bridgehead atoms. The number of rotatable bonds is 4. The van der Waals surface area contributed by atoms with Gasteiger partial charge >= 0.3 is 0 Å². The van der Waals surface area contributed by atoms with Crippen LogP contribution in [0.4, 0.5) is 5.69 Å². The Balaban J connectivity index is 2.92. The predicted octanol–water partition coefficient (Wildman–Crippen LogP) is 0.539. The average molecular weight is 262 g/mol. The van der Waals surface area contributed by atoms with Crippen molar-refractivity contribution in [3.63, 3.8) is 0 Å². The fourth-order valence-corrected chi connectivity index (χ4v) is 1.50. The maximum atomic E-state index is 11.7. The first-order valence-corrected chi connectivity index (χ1v) is 5.79. The van der Waals surface area contributed by atoms with Crippen LogP contribution in [0.1, 0.15) is 5.56 Å². The number of amides is 1. The Bertz CT molecular complexity index is 501. The highest BCUT2D eigenvalue weighted by molar-refractivity contribution is 5.93. The molecule has 0 saturated carbocycles. The summed E-state index contributed by atoms with van der Waals surface area (Å²) in [5.74, 6) is 5.78. The van der Waals surface area contributed by atoms with Gasteiger partial charge in [0.25, 0.3) is 0 Å². The minimum absolute atomic E-state index is 0.129. The molecule has 1 aromatic rings. The first kappa shape index (κ1) is 15.0. The van der Waals surface area contributed by atoms with Gasteiger partial charge in [0.1, 0.15) is 12.4 Å². The minimum atomic E-state index is -0.200. The third-order valence-electron chi connectivity index (χ3n) is 2.25. The highest BCUT2D eigenvalue weighted by Crippen LogP contribution is 2.25. The smallest absolute Gasteiger partial charge is 0.238 e. The summed E-state index contributed by atoms with van der Waals surface area (Å²) in [6.07, 6.45) is 0. The zero-order chi connectivity index (χ0) is 14.3. The van der Waals surface area contributed by atoms with Crippen molar-refractivity contribution in [2.75, 3.05) is 39.7 Å². The van der Waals surface area contributed by atoms with Crippen LogP contribution in [-0.4, -0.2) is 50.3 Å². The molecule has 0 aliphatic rings. The summed E-state index contributed by atoms with van der Waals surface area (Å²) in [5, 5.41) is 11.4. The van der Waals surface area contributed by atoms with Crippen LogP contribution in [0, 0.1) is 11.8 Å². The lowest BCUT2D eigenvalue weighted by Gasteiger charge is -2.13. The molecule has 5 nitrogen and oxygen atoms in total. The molecule has 2 N–H and O–H groups in total. The van der Waals surface area contributed by atoms with Crippen molar-refractivity contribution < 1.29 is 14.6 Å². The molecule has 1 aromatic carbocycles. The second-order valence-corrected chi connectivity index (χ2v) is 4.16. The molecule has 102 valence electrons. The van der Waals surface area contributed by atoms with E-state index in [-0.39, 0.29) is 19.1 Å². The number of carbonyl (C=O) groups is 1. The van der Waals surface area contributed by atoms with E-state index >= 15 is 0 Å². The largest absolute Gasteiger partial charge is 0.495 e. The van der Waals surface area contributed by atoms with E-state index in [1.807, 2.05) is 14.1 Å². The van der Waals surface area contributed by atoms with Crippen molar-refractivity contribution in [1.82, 2.24) is 4.90 Å². The van der Waals surface area contributed by atoms with Crippen LogP contribution in [0.25, 0.3) is 0 Å². The van der Waals surface area contributed by atoms with Gasteiger partial charge in [0.15, 0.2) is 0 Å². The van der Waals surface area contributed by atoms with Gasteiger partial charge in [-0.05, 0) is 32.3 Å². The van der Waals surface area contributed by atoms with E-state index in [4.69, 9.17) is 9.84 Å². The predicted molar refractivity (Wildman–Crippen MR) is 74.1 cm³/mol. The van der Waals surface area contributed by atoms with E-state index in [2.05, 4.69) is 17.2 Å². The Morgan fingerprint density at radius 2 is 2.21 bits per heavy atom. The number of aliphatic hydroxyl groups excluding tert-OH is 1. The summed E-state index contributed by atoms with van der Waals surface area (Å²) >= 11 is 0. The van der Waals surface area contributed by atoms with Crippen LogP contribution in [0.2, 0.25) is 0 Å². The third kappa shape index (κ3) is 5.00. The average Bonchev–Trinajstić information content (AvgIpc) is 2.35. The van der Waals surface area contributed by atoms with Crippen molar-refractivity contribution in [2.45, 2.75) is 0 Å². The Morgan fingerprint density at radius 3 is 2.79 bits per heavy atom. The van der Waals surface area contributed by atoms with Gasteiger partial charge in [0.2, 0.25) is 5.91 Å². The molecule has 1 rings (SSSR count). The monoisotopic (exact) mass is 262 g/mol. The summed E-state index contributed by atoms with van der Waals surface area (Å²) in [6.45, 7) is 0.0874. The molecule has 0 aliphatic carbocycles. The topological polar surface area (TPSA) is 61.8 Å². The molecular formula is C14H18N2O3. The van der Waals surface area contributed by atoms with Gasteiger partial charge in [-0.2, -0.15) is 0 Å². The van der Waals surface area contributed by atoms with Gasteiger partial charge in [-0.15, -0.1) is 0 Å². The molecule has 0 saturated heterocycles. The zero-order valence-electron chi connectivity index (χ0n) is 11.4. The number of aliphatic hydroxyl groups is 1. The number of likely N-dealkylation sites (N-methyl/N-ethyl adjacent to an activating group) is 1. The Hall–Kier alpha value is -2.03. The molecule has 0 fully saturated rings. The number of ether oxygens (including phenoxy) is 1. The molecule has 0 radical (unpaired) electrons. The molecule has 19 heavy (non-hydrogen) atoms. The van der Waals surface area contributed by atoms with Gasteiger partial charge in [0, 0.05) is 5.56 Å². The highest BCUT2D eigenvalue weighted by Gasteiger charge is 2.08. The highest BCUT2D eigenvalue weighted by atomic mass is 16.5. The number of methoxy groups -OCH3 is 1. The minimum Gasteiger partial charge on any atom is -0.495 e. The standard InChI is InChI=1S/C14H18N2O3/c1-16(2)10-14(18)15-12-9-11(5-4-8-17)6-7-13(12)19-3/h6-7,9,17H,8,10H2,1-3H3,(H,15,18). The second-order valence-electron chi connectivity index (χ2n) is 4.16. The fraction of sp³-hybridized carbons (Fsp3) is 0.357. The molecule has 1 amide bonds. The maximum absolute atomic E-state index is 11.7. The van der Waals surface area contributed by atoms with Crippen molar-refractivity contribution in [1.29, 1.82) is 0 Å². The van der Waals surface area contributed by atoms with E-state index < -0.39 is 0 Å². The van der Waals surface area contributed by atoms with Crippen LogP contribution in [-0.2, 0) is 4.79 Å². The first-order chi connectivity index (χ1) is 9.06. The van der Waals surface area contributed by atoms with Crippen molar-refractivity contribution >= 4 is 11.6 Å². The van der Waals surface area contributed by atoms with Crippen LogP contribution in [0.3, 0.4) is 0 Å². The summed E-state index contributed by atoms with van der Waals surface area (Å²) in [6, 6.07) is 5.21. The van der Waals surface area contributed by atoms with Crippen molar-refractivity contribution in [2.24, 2.45) is 0 Å². The summed E-state index contributed by atoms with van der Waals surface area (Å²) < 4.78 is 5.18. The van der Waals surface area contributed by atoms with Crippen LogP contribution in [0.15, 0.2) is 18.2 Å². The fourth-order valence-electron chi connectivity index (χ4n) is 1.50. The van der Waals surface area contributed by atoms with Gasteiger partial charge in [-0.1, -0.05) is 11.8 Å². The number of hydrogen-bond donors (Lipinski definition) is 2. The molecule has 0 aliphatic heterocycles. The van der Waals surface area contributed by atoms with E-state index in [0.29, 0.717) is 17.0 Å². The van der Waals surface area contributed by atoms with Crippen LogP contribution < -0.4 is 10.1 Å². The maximum Gasteiger partial charge on any atom is 0.238 e. The van der Waals surface area contributed by atoms with Gasteiger partial charge < -0.3 is 20.1 Å². The lowest BCUT2D eigenvalue weighted by molar-refractivity contribution is -0.116. The Kier molecular flexibility index (Phi) is 5.86. The Labute approximate surface area is 113 Å². The summed E-state index contributed by atoms with van der Waals surface area (Å²) in [7, 11) is 5.18. The van der Waals surface area contributed by atoms with E-state index in [9.17, 15) is 4.79 Å². The molecule has 0 aromatic heterocycles. The quantitative estimate of drug-likeness (QED) is 0.777. The van der Waals surface area contributed by atoms with E-state index in [0.717, 1.165) is 0 Å².